The van der Waals surface area contributed by atoms with Crippen LogP contribution in [-0.2, 0) is 25.7 Å². The zero-order chi connectivity index (χ0) is 58.8. The molecule has 1 aliphatic rings. The Kier molecular flexibility index (Phi) is 28.4. The van der Waals surface area contributed by atoms with E-state index in [0.29, 0.717) is 0 Å². The van der Waals surface area contributed by atoms with Gasteiger partial charge in [-0.3, -0.25) is 0 Å². The van der Waals surface area contributed by atoms with Gasteiger partial charge in [0.15, 0.2) is 0 Å². The van der Waals surface area contributed by atoms with Crippen LogP contribution in [0, 0.1) is 45.3 Å². The predicted molar refractivity (Wildman–Crippen MR) is 372 cm³/mol. The van der Waals surface area contributed by atoms with Gasteiger partial charge < -0.3 is 0 Å². The molecule has 1 aliphatic heterocycles. The molecule has 0 unspecified atom stereocenters. The van der Waals surface area contributed by atoms with Gasteiger partial charge in [0.05, 0.1) is 0 Å². The van der Waals surface area contributed by atoms with E-state index >= 15 is 0 Å². The van der Waals surface area contributed by atoms with Gasteiger partial charge in [0.2, 0.25) is 0 Å². The molecule has 83 heavy (non-hydrogen) atoms. The third-order valence-corrected chi connectivity index (χ3v) is 30.4. The van der Waals surface area contributed by atoms with E-state index in [1.807, 2.05) is 22.7 Å². The van der Waals surface area contributed by atoms with Crippen molar-refractivity contribution in [2.24, 2.45) is 0 Å². The summed E-state index contributed by atoms with van der Waals surface area (Å²) in [6, 6.07) is 26.4. The summed E-state index contributed by atoms with van der Waals surface area (Å²) in [5.74, 6) is 0. The Morgan fingerprint density at radius 1 is 0.325 bits per heavy atom. The lowest BCUT2D eigenvalue weighted by atomic mass is 10.0. The zero-order valence-electron chi connectivity index (χ0n) is 51.4. The van der Waals surface area contributed by atoms with Crippen molar-refractivity contribution in [1.82, 2.24) is 0 Å². The molecule has 11 heteroatoms. The third kappa shape index (κ3) is 18.0. The summed E-state index contributed by atoms with van der Waals surface area (Å²) in [4.78, 5) is 16.4. The minimum absolute atomic E-state index is 0.167. The Balaban J connectivity index is 1.40. The lowest BCUT2D eigenvalue weighted by Crippen LogP contribution is -2.54. The van der Waals surface area contributed by atoms with E-state index in [1.165, 1.54) is 240 Å². The topological polar surface area (TPSA) is 95.2 Å². The number of thiophene rings is 6. The van der Waals surface area contributed by atoms with Crippen LogP contribution in [0.15, 0.2) is 47.5 Å². The van der Waals surface area contributed by atoms with E-state index in [2.05, 4.69) is 125 Å². The number of rotatable bonds is 40. The summed E-state index contributed by atoms with van der Waals surface area (Å²) >= 11 is 11.8. The van der Waals surface area contributed by atoms with Crippen LogP contribution in [0.5, 0.6) is 0 Å². The molecule has 7 rings (SSSR count). The Labute approximate surface area is 527 Å². The molecule has 442 valence electrons. The maximum Gasteiger partial charge on any atom is 0.131 e. The van der Waals surface area contributed by atoms with E-state index < -0.39 is 8.07 Å². The molecule has 4 nitrogen and oxygen atoms in total. The van der Waals surface area contributed by atoms with E-state index in [0.717, 1.165) is 48.3 Å². The molecule has 7 heterocycles. The number of aryl methyl sites for hydroxylation is 4. The lowest BCUT2D eigenvalue weighted by molar-refractivity contribution is 0.616. The lowest BCUT2D eigenvalue weighted by Gasteiger charge is -2.29. The van der Waals surface area contributed by atoms with E-state index in [1.54, 1.807) is 55.0 Å². The van der Waals surface area contributed by atoms with Crippen LogP contribution in [0.1, 0.15) is 253 Å². The molecule has 0 N–H and O–H groups in total. The van der Waals surface area contributed by atoms with Gasteiger partial charge in [-0.2, -0.15) is 21.0 Å². The molecular weight excluding hydrogens is 1140 g/mol. The standard InChI is InChI=1S/C72H94N4S6Si/c1-7-13-19-25-27-33-39-83(40-34-28-26-20-14-8-2)65-47-63(69-57(37-31-23-17-11-5)45-61(79-69)67-55(35-29-21-15-9-3)43-59(77-67)41-53(49-73)50-74)81-71(65)72-66(83)48-64(82-72)70-58(38-32-24-18-12-6)46-62(80-70)68-56(36-30-22-16-10-4)44-60(78-68)42-54(51-75)52-76/h41-48H,7-40H2,1-6H3. The molecule has 0 spiro atoms. The smallest absolute Gasteiger partial charge is 0.131 e. The SMILES string of the molecule is CCCCCCCC[Si]1(CCCCCCCC)c2cc(-c3sc(-c4sc(C=C(C#N)C#N)cc4CCCCCC)cc3CCCCCC)sc2-c2sc(-c3sc(-c4sc(C=C(C#N)C#N)cc4CCCCCC)cc3CCCCCC)cc21. The van der Waals surface area contributed by atoms with Crippen molar-refractivity contribution in [3.63, 3.8) is 0 Å². The Morgan fingerprint density at radius 2 is 0.590 bits per heavy atom. The molecule has 0 bridgehead atoms. The maximum absolute atomic E-state index is 9.80. The number of nitriles is 4. The summed E-state index contributed by atoms with van der Waals surface area (Å²) in [5.41, 5.74) is 6.05. The number of fused-ring (bicyclic) bond motifs is 3. The number of hydrogen-bond acceptors (Lipinski definition) is 10. The van der Waals surface area contributed by atoms with Gasteiger partial charge >= 0.3 is 0 Å². The average Bonchev–Trinajstić information content (AvgIpc) is 1.82. The minimum Gasteiger partial charge on any atom is -0.192 e. The summed E-state index contributed by atoms with van der Waals surface area (Å²) in [6.07, 6.45) is 43.1. The molecule has 0 atom stereocenters. The first-order valence-corrected chi connectivity index (χ1v) is 39.9. The molecule has 0 amide bonds. The number of hydrogen-bond donors (Lipinski definition) is 0. The van der Waals surface area contributed by atoms with E-state index in [-0.39, 0.29) is 11.1 Å². The van der Waals surface area contributed by atoms with Crippen molar-refractivity contribution in [3.05, 3.63) is 79.6 Å². The average molecular weight is 1240 g/mol. The largest absolute Gasteiger partial charge is 0.192 e. The van der Waals surface area contributed by atoms with Crippen molar-refractivity contribution in [2.45, 2.75) is 259 Å². The molecular formula is C72H94N4S6Si. The van der Waals surface area contributed by atoms with Crippen LogP contribution in [0.2, 0.25) is 12.1 Å². The van der Waals surface area contributed by atoms with Crippen LogP contribution in [-0.4, -0.2) is 8.07 Å². The highest BCUT2D eigenvalue weighted by molar-refractivity contribution is 7.34. The van der Waals surface area contributed by atoms with Gasteiger partial charge in [-0.05, 0) is 145 Å². The van der Waals surface area contributed by atoms with Crippen LogP contribution in [0.25, 0.3) is 60.9 Å². The maximum atomic E-state index is 9.80. The summed E-state index contributed by atoms with van der Waals surface area (Å²) < 4.78 is 0. The molecule has 0 saturated heterocycles. The summed E-state index contributed by atoms with van der Waals surface area (Å²) in [7, 11) is -2.24. The fraction of sp³-hybridized carbons (Fsp3) is 0.556. The second-order valence-electron chi connectivity index (χ2n) is 23.6. The Hall–Kier alpha value is -4.14. The molecule has 6 aromatic rings. The number of unbranched alkanes of at least 4 members (excludes halogenated alkanes) is 22. The van der Waals surface area contributed by atoms with E-state index in [4.69, 9.17) is 0 Å². The summed E-state index contributed by atoms with van der Waals surface area (Å²) in [5, 5.41) is 42.7. The minimum atomic E-state index is -2.24. The normalized spacial score (nSPS) is 12.2. The third-order valence-electron chi connectivity index (χ3n) is 17.0. The Morgan fingerprint density at radius 3 is 0.916 bits per heavy atom. The van der Waals surface area contributed by atoms with Crippen molar-refractivity contribution in [2.75, 3.05) is 0 Å². The van der Waals surface area contributed by atoms with Gasteiger partial charge in [-0.15, -0.1) is 68.0 Å². The van der Waals surface area contributed by atoms with Crippen LogP contribution in [0.4, 0.5) is 0 Å². The van der Waals surface area contributed by atoms with Gasteiger partial charge in [-0.25, -0.2) is 0 Å². The fourth-order valence-electron chi connectivity index (χ4n) is 12.4. The van der Waals surface area contributed by atoms with E-state index in [9.17, 15) is 21.0 Å². The zero-order valence-corrected chi connectivity index (χ0v) is 57.3. The monoisotopic (exact) mass is 1230 g/mol. The highest BCUT2D eigenvalue weighted by Gasteiger charge is 2.48. The first-order chi connectivity index (χ1) is 40.7. The number of allylic oxidation sites excluding steroid dienone is 2. The molecule has 6 aromatic heterocycles. The predicted octanol–water partition coefficient (Wildman–Crippen LogP) is 24.3. The second-order valence-corrected chi connectivity index (χ2v) is 34.2. The number of nitrogens with zero attached hydrogens (tertiary/aromatic N) is 4. The van der Waals surface area contributed by atoms with Crippen molar-refractivity contribution in [3.8, 4) is 73.0 Å². The highest BCUT2D eigenvalue weighted by atomic mass is 32.1. The molecule has 0 radical (unpaired) electrons. The highest BCUT2D eigenvalue weighted by Crippen LogP contribution is 2.53. The van der Waals surface area contributed by atoms with Gasteiger partial charge in [0.1, 0.15) is 43.5 Å². The Bertz CT molecular complexity index is 2960. The first-order valence-electron chi connectivity index (χ1n) is 32.6. The molecule has 0 fully saturated rings. The van der Waals surface area contributed by atoms with Gasteiger partial charge in [0.25, 0.3) is 0 Å². The second kappa shape index (κ2) is 35.5. The summed E-state index contributed by atoms with van der Waals surface area (Å²) in [6.45, 7) is 13.9. The van der Waals surface area contributed by atoms with Crippen LogP contribution < -0.4 is 10.4 Å². The van der Waals surface area contributed by atoms with Gasteiger partial charge in [0, 0.05) is 58.5 Å². The van der Waals surface area contributed by atoms with Crippen LogP contribution >= 0.6 is 68.0 Å². The van der Waals surface area contributed by atoms with Crippen molar-refractivity contribution in [1.29, 1.82) is 21.0 Å². The molecule has 0 aliphatic carbocycles. The first kappa shape index (κ1) is 66.4. The molecule has 0 aromatic carbocycles. The van der Waals surface area contributed by atoms with Crippen molar-refractivity contribution >= 4 is 98.6 Å². The quantitative estimate of drug-likeness (QED) is 0.0218. The van der Waals surface area contributed by atoms with Gasteiger partial charge in [-0.1, -0.05) is 196 Å². The van der Waals surface area contributed by atoms with Crippen molar-refractivity contribution < 1.29 is 0 Å². The van der Waals surface area contributed by atoms with Crippen LogP contribution in [0.3, 0.4) is 0 Å². The fourth-order valence-corrected chi connectivity index (χ4v) is 27.1. The molecule has 0 saturated carbocycles.